The molecule has 0 aliphatic carbocycles. The third kappa shape index (κ3) is 3.55. The second-order valence-electron chi connectivity index (χ2n) is 4.22. The van der Waals surface area contributed by atoms with E-state index >= 15 is 0 Å². The summed E-state index contributed by atoms with van der Waals surface area (Å²) in [6.45, 7) is 1.63. The van der Waals surface area contributed by atoms with Crippen LogP contribution in [0, 0.1) is 5.82 Å². The number of carbonyl (C=O) groups excluding carboxylic acids is 1. The normalized spacial score (nSPS) is 13.6. The van der Waals surface area contributed by atoms with Gasteiger partial charge in [-0.3, -0.25) is 5.32 Å². The lowest BCUT2D eigenvalue weighted by molar-refractivity contribution is 0.139. The molecule has 0 bridgehead atoms. The van der Waals surface area contributed by atoms with Crippen LogP contribution in [0.1, 0.15) is 18.6 Å². The number of nitrogens with zero attached hydrogens (tertiary/aromatic N) is 1. The number of hydrogen-bond acceptors (Lipinski definition) is 4. The van der Waals surface area contributed by atoms with Crippen molar-refractivity contribution in [3.8, 4) is 0 Å². The summed E-state index contributed by atoms with van der Waals surface area (Å²) in [7, 11) is 0. The van der Waals surface area contributed by atoms with Gasteiger partial charge in [0.25, 0.3) is 0 Å². The fraction of sp³-hybridized carbons (Fsp3) is 0.231. The zero-order valence-corrected chi connectivity index (χ0v) is 10.7. The van der Waals surface area contributed by atoms with E-state index in [4.69, 9.17) is 4.42 Å². The third-order valence-electron chi connectivity index (χ3n) is 2.70. The number of rotatable bonds is 4. The Kier molecular flexibility index (Phi) is 4.31. The molecule has 0 aliphatic heterocycles. The highest BCUT2D eigenvalue weighted by atomic mass is 19.1. The van der Waals surface area contributed by atoms with Gasteiger partial charge in [0.05, 0.1) is 18.3 Å². The van der Waals surface area contributed by atoms with Gasteiger partial charge in [0, 0.05) is 0 Å². The van der Waals surface area contributed by atoms with Crippen molar-refractivity contribution >= 4 is 12.0 Å². The van der Waals surface area contributed by atoms with Crippen molar-refractivity contribution in [2.75, 3.05) is 5.32 Å². The van der Waals surface area contributed by atoms with Gasteiger partial charge in [-0.05, 0) is 24.6 Å². The highest BCUT2D eigenvalue weighted by Gasteiger charge is 2.19. The Labute approximate surface area is 114 Å². The minimum Gasteiger partial charge on any atom is -0.432 e. The molecule has 2 rings (SSSR count). The quantitative estimate of drug-likeness (QED) is 0.799. The van der Waals surface area contributed by atoms with E-state index in [0.717, 1.165) is 0 Å². The van der Waals surface area contributed by atoms with Crippen LogP contribution >= 0.6 is 0 Å². The van der Waals surface area contributed by atoms with E-state index in [1.807, 2.05) is 0 Å². The molecular formula is C13H14FN3O3. The summed E-state index contributed by atoms with van der Waals surface area (Å²) in [6, 6.07) is 4.35. The Hall–Kier alpha value is -2.41. The Morgan fingerprint density at radius 2 is 2.10 bits per heavy atom. The van der Waals surface area contributed by atoms with E-state index < -0.39 is 18.2 Å². The molecule has 1 heterocycles. The molecule has 0 aliphatic rings. The predicted octanol–water partition coefficient (Wildman–Crippen LogP) is 2.06. The van der Waals surface area contributed by atoms with E-state index in [0.29, 0.717) is 5.56 Å². The SMILES string of the molecule is C[C@@H](NC(=O)Nc1ncco1)[C@H](O)c1ccc(F)cc1. The fourth-order valence-electron chi connectivity index (χ4n) is 1.65. The summed E-state index contributed by atoms with van der Waals surface area (Å²) in [5.74, 6) is -0.386. The highest BCUT2D eigenvalue weighted by Crippen LogP contribution is 2.17. The standard InChI is InChI=1S/C13H14FN3O3/c1-8(11(18)9-2-4-10(14)5-3-9)16-12(19)17-13-15-6-7-20-13/h2-8,11,18H,1H3,(H2,15,16,17,19)/t8-,11+/m1/s1. The second kappa shape index (κ2) is 6.16. The van der Waals surface area contributed by atoms with Crippen LogP contribution in [0.4, 0.5) is 15.2 Å². The second-order valence-corrected chi connectivity index (χ2v) is 4.22. The van der Waals surface area contributed by atoms with Crippen molar-refractivity contribution in [1.82, 2.24) is 10.3 Å². The smallest absolute Gasteiger partial charge is 0.323 e. The Morgan fingerprint density at radius 1 is 1.40 bits per heavy atom. The molecule has 2 aromatic rings. The number of nitrogens with one attached hydrogen (secondary N) is 2. The predicted molar refractivity (Wildman–Crippen MR) is 69.5 cm³/mol. The van der Waals surface area contributed by atoms with Gasteiger partial charge in [-0.15, -0.1) is 0 Å². The number of aliphatic hydroxyl groups is 1. The van der Waals surface area contributed by atoms with Gasteiger partial charge < -0.3 is 14.8 Å². The van der Waals surface area contributed by atoms with Crippen molar-refractivity contribution in [3.63, 3.8) is 0 Å². The van der Waals surface area contributed by atoms with E-state index in [9.17, 15) is 14.3 Å². The molecule has 6 nitrogen and oxygen atoms in total. The van der Waals surface area contributed by atoms with E-state index in [1.54, 1.807) is 6.92 Å². The van der Waals surface area contributed by atoms with Crippen LogP contribution in [0.3, 0.4) is 0 Å². The summed E-state index contributed by atoms with van der Waals surface area (Å²) in [6.07, 6.45) is 1.77. The number of urea groups is 1. The largest absolute Gasteiger partial charge is 0.432 e. The van der Waals surface area contributed by atoms with Gasteiger partial charge >= 0.3 is 12.0 Å². The molecule has 20 heavy (non-hydrogen) atoms. The lowest BCUT2D eigenvalue weighted by atomic mass is 10.0. The minimum atomic E-state index is -0.953. The Bertz CT molecular complexity index is 557. The maximum Gasteiger partial charge on any atom is 0.323 e. The first kappa shape index (κ1) is 14.0. The van der Waals surface area contributed by atoms with Gasteiger partial charge in [0.1, 0.15) is 12.1 Å². The van der Waals surface area contributed by atoms with Gasteiger partial charge in [-0.1, -0.05) is 12.1 Å². The van der Waals surface area contributed by atoms with Crippen LogP contribution in [0.25, 0.3) is 0 Å². The van der Waals surface area contributed by atoms with Crippen LogP contribution in [-0.2, 0) is 0 Å². The molecule has 0 saturated heterocycles. The molecular weight excluding hydrogens is 265 g/mol. The number of hydrogen-bond donors (Lipinski definition) is 3. The van der Waals surface area contributed by atoms with Gasteiger partial charge in [-0.2, -0.15) is 0 Å². The summed E-state index contributed by atoms with van der Waals surface area (Å²) in [5.41, 5.74) is 0.510. The first-order valence-corrected chi connectivity index (χ1v) is 5.97. The summed E-state index contributed by atoms with van der Waals surface area (Å²) >= 11 is 0. The number of oxazole rings is 1. The summed E-state index contributed by atoms with van der Waals surface area (Å²) in [5, 5.41) is 15.0. The van der Waals surface area contributed by atoms with Crippen LogP contribution in [0.5, 0.6) is 0 Å². The molecule has 0 spiro atoms. The molecule has 0 radical (unpaired) electrons. The van der Waals surface area contributed by atoms with Crippen LogP contribution < -0.4 is 10.6 Å². The number of aromatic nitrogens is 1. The molecule has 1 aromatic heterocycles. The average Bonchev–Trinajstić information content (AvgIpc) is 2.91. The van der Waals surface area contributed by atoms with E-state index in [2.05, 4.69) is 15.6 Å². The molecule has 3 N–H and O–H groups in total. The minimum absolute atomic E-state index is 0.0611. The molecule has 106 valence electrons. The van der Waals surface area contributed by atoms with Crippen molar-refractivity contribution in [2.45, 2.75) is 19.1 Å². The maximum atomic E-state index is 12.8. The van der Waals surface area contributed by atoms with Crippen molar-refractivity contribution < 1.29 is 18.7 Å². The molecule has 2 amide bonds. The number of aliphatic hydroxyl groups excluding tert-OH is 1. The molecule has 2 atom stereocenters. The molecule has 0 fully saturated rings. The lowest BCUT2D eigenvalue weighted by Gasteiger charge is -2.20. The van der Waals surface area contributed by atoms with Crippen LogP contribution in [0.2, 0.25) is 0 Å². The number of carbonyl (C=O) groups is 1. The number of amides is 2. The van der Waals surface area contributed by atoms with Crippen molar-refractivity contribution in [1.29, 1.82) is 0 Å². The maximum absolute atomic E-state index is 12.8. The van der Waals surface area contributed by atoms with E-state index in [1.165, 1.54) is 36.7 Å². The number of benzene rings is 1. The molecule has 0 unspecified atom stereocenters. The van der Waals surface area contributed by atoms with Gasteiger partial charge in [0.2, 0.25) is 0 Å². The van der Waals surface area contributed by atoms with Crippen LogP contribution in [-0.4, -0.2) is 22.2 Å². The Balaban J connectivity index is 1.91. The van der Waals surface area contributed by atoms with Gasteiger partial charge in [0.15, 0.2) is 0 Å². The zero-order valence-electron chi connectivity index (χ0n) is 10.7. The molecule has 1 aromatic carbocycles. The summed E-state index contributed by atoms with van der Waals surface area (Å²) < 4.78 is 17.7. The van der Waals surface area contributed by atoms with Gasteiger partial charge in [-0.25, -0.2) is 14.2 Å². The average molecular weight is 279 g/mol. The third-order valence-corrected chi connectivity index (χ3v) is 2.70. The monoisotopic (exact) mass is 279 g/mol. The first-order chi connectivity index (χ1) is 9.56. The number of halogens is 1. The lowest BCUT2D eigenvalue weighted by Crippen LogP contribution is -2.39. The number of anilines is 1. The van der Waals surface area contributed by atoms with E-state index in [-0.39, 0.29) is 11.8 Å². The van der Waals surface area contributed by atoms with Crippen molar-refractivity contribution in [2.24, 2.45) is 0 Å². The topological polar surface area (TPSA) is 87.4 Å². The molecule has 0 saturated carbocycles. The fourth-order valence-corrected chi connectivity index (χ4v) is 1.65. The van der Waals surface area contributed by atoms with Crippen molar-refractivity contribution in [3.05, 3.63) is 48.1 Å². The summed E-state index contributed by atoms with van der Waals surface area (Å²) in [4.78, 5) is 15.4. The first-order valence-electron chi connectivity index (χ1n) is 5.97. The highest BCUT2D eigenvalue weighted by molar-refractivity contribution is 5.87. The van der Waals surface area contributed by atoms with Crippen LogP contribution in [0.15, 0.2) is 41.1 Å². The zero-order chi connectivity index (χ0) is 14.5. The molecule has 7 heteroatoms. The Morgan fingerprint density at radius 3 is 2.70 bits per heavy atom.